The Hall–Kier alpha value is -2.64. The highest BCUT2D eigenvalue weighted by atomic mass is 32.2. The van der Waals surface area contributed by atoms with Crippen molar-refractivity contribution >= 4 is 26.8 Å². The van der Waals surface area contributed by atoms with E-state index in [0.29, 0.717) is 12.1 Å². The van der Waals surface area contributed by atoms with E-state index < -0.39 is 15.8 Å². The number of fused-ring (bicyclic) bond motifs is 3. The smallest absolute Gasteiger partial charge is 0.337 e. The van der Waals surface area contributed by atoms with Crippen molar-refractivity contribution < 1.29 is 22.4 Å². The van der Waals surface area contributed by atoms with E-state index in [1.54, 1.807) is 18.2 Å². The number of methoxy groups -OCH3 is 1. The molecular formula is C19H17NO5S. The minimum atomic E-state index is -3.78. The molecule has 134 valence electrons. The molecule has 0 saturated heterocycles. The molecule has 0 bridgehead atoms. The first-order chi connectivity index (χ1) is 12.5. The van der Waals surface area contributed by atoms with Crippen molar-refractivity contribution in [3.05, 3.63) is 59.4 Å². The number of hydrogen-bond donors (Lipinski definition) is 1. The number of furan rings is 1. The zero-order valence-corrected chi connectivity index (χ0v) is 14.9. The largest absolute Gasteiger partial charge is 0.465 e. The second kappa shape index (κ2) is 6.26. The monoisotopic (exact) mass is 371 g/mol. The minimum Gasteiger partial charge on any atom is -0.465 e. The van der Waals surface area contributed by atoms with Gasteiger partial charge in [-0.05, 0) is 43.3 Å². The lowest BCUT2D eigenvalue weighted by Gasteiger charge is -2.10. The van der Waals surface area contributed by atoms with Crippen LogP contribution in [0.2, 0.25) is 0 Å². The summed E-state index contributed by atoms with van der Waals surface area (Å²) in [6, 6.07) is 10.7. The summed E-state index contributed by atoms with van der Waals surface area (Å²) >= 11 is 0. The van der Waals surface area contributed by atoms with Crippen molar-refractivity contribution in [2.24, 2.45) is 0 Å². The maximum atomic E-state index is 13.0. The third kappa shape index (κ3) is 2.69. The van der Waals surface area contributed by atoms with Crippen LogP contribution < -0.4 is 5.32 Å². The Labute approximate surface area is 150 Å². The van der Waals surface area contributed by atoms with Crippen LogP contribution in [0.5, 0.6) is 0 Å². The number of carbonyl (C=O) groups is 1. The maximum Gasteiger partial charge on any atom is 0.337 e. The van der Waals surface area contributed by atoms with Gasteiger partial charge in [0.15, 0.2) is 0 Å². The van der Waals surface area contributed by atoms with Crippen molar-refractivity contribution in [2.45, 2.75) is 22.8 Å². The van der Waals surface area contributed by atoms with Crippen LogP contribution in [-0.2, 0) is 27.5 Å². The average Bonchev–Trinajstić information content (AvgIpc) is 3.05. The Morgan fingerprint density at radius 1 is 1.15 bits per heavy atom. The summed E-state index contributed by atoms with van der Waals surface area (Å²) in [6.07, 6.45) is 0.857. The quantitative estimate of drug-likeness (QED) is 0.713. The average molecular weight is 371 g/mol. The highest BCUT2D eigenvalue weighted by molar-refractivity contribution is 7.91. The van der Waals surface area contributed by atoms with Crippen LogP contribution in [0, 0.1) is 0 Å². The summed E-state index contributed by atoms with van der Waals surface area (Å²) in [4.78, 5) is 11.8. The topological polar surface area (TPSA) is 85.6 Å². The molecule has 0 amide bonds. The number of rotatable bonds is 3. The third-order valence-corrected chi connectivity index (χ3v) is 6.31. The molecule has 2 heterocycles. The summed E-state index contributed by atoms with van der Waals surface area (Å²) in [7, 11) is -2.52. The van der Waals surface area contributed by atoms with Gasteiger partial charge < -0.3 is 14.5 Å². The van der Waals surface area contributed by atoms with Crippen LogP contribution in [-0.4, -0.2) is 28.0 Å². The molecule has 1 aliphatic heterocycles. The second-order valence-electron chi connectivity index (χ2n) is 6.11. The fourth-order valence-electron chi connectivity index (χ4n) is 3.22. The molecule has 0 aliphatic carbocycles. The van der Waals surface area contributed by atoms with Crippen LogP contribution in [0.15, 0.2) is 56.7 Å². The number of carbonyl (C=O) groups excluding carboxylic acids is 1. The van der Waals surface area contributed by atoms with E-state index in [1.165, 1.54) is 31.4 Å². The van der Waals surface area contributed by atoms with E-state index in [1.807, 2.05) is 0 Å². The minimum absolute atomic E-state index is 0.0396. The molecule has 0 unspecified atom stereocenters. The van der Waals surface area contributed by atoms with E-state index >= 15 is 0 Å². The molecule has 0 fully saturated rings. The predicted molar refractivity (Wildman–Crippen MR) is 94.9 cm³/mol. The number of nitrogens with one attached hydrogen (secondary N) is 1. The van der Waals surface area contributed by atoms with Gasteiger partial charge in [-0.3, -0.25) is 0 Å². The van der Waals surface area contributed by atoms with Crippen LogP contribution in [0.25, 0.3) is 11.0 Å². The molecule has 2 aromatic carbocycles. The summed E-state index contributed by atoms with van der Waals surface area (Å²) in [5.74, 6) is 0.275. The lowest BCUT2D eigenvalue weighted by molar-refractivity contribution is 0.0600. The number of hydrogen-bond acceptors (Lipinski definition) is 6. The number of esters is 1. The molecule has 4 rings (SSSR count). The first kappa shape index (κ1) is 16.8. The molecular weight excluding hydrogens is 354 g/mol. The van der Waals surface area contributed by atoms with Crippen molar-refractivity contribution in [1.82, 2.24) is 5.32 Å². The van der Waals surface area contributed by atoms with E-state index in [9.17, 15) is 13.2 Å². The maximum absolute atomic E-state index is 13.0. The first-order valence-electron chi connectivity index (χ1n) is 8.19. The van der Waals surface area contributed by atoms with E-state index in [-0.39, 0.29) is 15.4 Å². The predicted octanol–water partition coefficient (Wildman–Crippen LogP) is 2.70. The number of benzene rings is 2. The van der Waals surface area contributed by atoms with Crippen LogP contribution in [0.3, 0.4) is 0 Å². The highest BCUT2D eigenvalue weighted by Crippen LogP contribution is 2.31. The molecule has 1 aliphatic rings. The normalized spacial score (nSPS) is 14.2. The Kier molecular flexibility index (Phi) is 4.05. The lowest BCUT2D eigenvalue weighted by atomic mass is 10.1. The number of ether oxygens (including phenoxy) is 1. The van der Waals surface area contributed by atoms with E-state index in [4.69, 9.17) is 4.42 Å². The fraction of sp³-hybridized carbons (Fsp3) is 0.211. The summed E-state index contributed by atoms with van der Waals surface area (Å²) in [5, 5.41) is 4.19. The van der Waals surface area contributed by atoms with Crippen LogP contribution in [0.1, 0.15) is 21.7 Å². The summed E-state index contributed by atoms with van der Waals surface area (Å²) < 4.78 is 36.5. The molecule has 1 N–H and O–H groups in total. The van der Waals surface area contributed by atoms with Gasteiger partial charge in [0.2, 0.25) is 9.84 Å². The lowest BCUT2D eigenvalue weighted by Crippen LogP contribution is -2.22. The molecule has 0 saturated carbocycles. The van der Waals surface area contributed by atoms with Gasteiger partial charge in [-0.2, -0.15) is 0 Å². The van der Waals surface area contributed by atoms with Gasteiger partial charge >= 0.3 is 5.97 Å². The van der Waals surface area contributed by atoms with Gasteiger partial charge in [0.25, 0.3) is 0 Å². The first-order valence-corrected chi connectivity index (χ1v) is 9.67. The molecule has 0 atom stereocenters. The summed E-state index contributed by atoms with van der Waals surface area (Å²) in [5.41, 5.74) is 1.88. The van der Waals surface area contributed by atoms with Gasteiger partial charge in [-0.15, -0.1) is 0 Å². The van der Waals surface area contributed by atoms with Crippen molar-refractivity contribution in [2.75, 3.05) is 13.7 Å². The zero-order chi connectivity index (χ0) is 18.3. The van der Waals surface area contributed by atoms with Crippen LogP contribution in [0.4, 0.5) is 0 Å². The fourth-order valence-corrected chi connectivity index (χ4v) is 4.55. The molecule has 1 aromatic heterocycles. The van der Waals surface area contributed by atoms with E-state index in [0.717, 1.165) is 29.7 Å². The molecule has 0 spiro atoms. The summed E-state index contributed by atoms with van der Waals surface area (Å²) in [6.45, 7) is 1.52. The molecule has 26 heavy (non-hydrogen) atoms. The van der Waals surface area contributed by atoms with Gasteiger partial charge in [-0.25, -0.2) is 13.2 Å². The van der Waals surface area contributed by atoms with Gasteiger partial charge in [0.1, 0.15) is 11.3 Å². The second-order valence-corrected chi connectivity index (χ2v) is 8.06. The van der Waals surface area contributed by atoms with Gasteiger partial charge in [0.05, 0.1) is 29.0 Å². The van der Waals surface area contributed by atoms with E-state index in [2.05, 4.69) is 10.1 Å². The molecule has 7 heteroatoms. The Morgan fingerprint density at radius 2 is 1.96 bits per heavy atom. The SMILES string of the molecule is COC(=O)c1cccc(S(=O)(=O)c2ccc3c4c(oc3c2)CNCC4)c1. The van der Waals surface area contributed by atoms with Crippen molar-refractivity contribution in [3.63, 3.8) is 0 Å². The molecule has 3 aromatic rings. The third-order valence-electron chi connectivity index (χ3n) is 4.56. The Bertz CT molecular complexity index is 1110. The zero-order valence-electron chi connectivity index (χ0n) is 14.1. The molecule has 0 radical (unpaired) electrons. The highest BCUT2D eigenvalue weighted by Gasteiger charge is 2.23. The standard InChI is InChI=1S/C19H17NO5S/c1-24-19(21)12-3-2-4-13(9-12)26(22,23)14-5-6-15-16-7-8-20-11-18(16)25-17(15)10-14/h2-6,9-10,20H,7-8,11H2,1H3. The Morgan fingerprint density at radius 3 is 2.77 bits per heavy atom. The van der Waals surface area contributed by atoms with Crippen molar-refractivity contribution in [1.29, 1.82) is 0 Å². The van der Waals surface area contributed by atoms with Gasteiger partial charge in [0, 0.05) is 17.0 Å². The van der Waals surface area contributed by atoms with Crippen molar-refractivity contribution in [3.8, 4) is 0 Å². The van der Waals surface area contributed by atoms with Gasteiger partial charge in [-0.1, -0.05) is 6.07 Å². The van der Waals surface area contributed by atoms with Crippen LogP contribution >= 0.6 is 0 Å². The molecule has 6 nitrogen and oxygen atoms in total. The Balaban J connectivity index is 1.80. The number of sulfone groups is 1.